The fourth-order valence-electron chi connectivity index (χ4n) is 5.89. The third-order valence-electron chi connectivity index (χ3n) is 8.10. The van der Waals surface area contributed by atoms with Crippen LogP contribution in [0.4, 0.5) is 5.69 Å². The van der Waals surface area contributed by atoms with E-state index < -0.39 is 11.4 Å². The number of anilines is 1. The highest BCUT2D eigenvalue weighted by Crippen LogP contribution is 2.46. The molecular weight excluding hydrogens is 484 g/mol. The topological polar surface area (TPSA) is 53.0 Å². The normalized spacial score (nSPS) is 24.5. The minimum absolute atomic E-state index is 0.203. The SMILES string of the molecule is CCCc1cc(Cl)ccc1C1COc2ccc3cc2N(CCCC/C=C/CN(C)C2=C[C@@]3(C(=O)O)C2)C1. The molecule has 37 heavy (non-hydrogen) atoms. The summed E-state index contributed by atoms with van der Waals surface area (Å²) in [6.45, 7) is 5.31. The summed E-state index contributed by atoms with van der Waals surface area (Å²) in [5.41, 5.74) is 4.51. The maximum absolute atomic E-state index is 12.6. The van der Waals surface area contributed by atoms with E-state index in [1.807, 2.05) is 31.3 Å². The van der Waals surface area contributed by atoms with Gasteiger partial charge in [0.15, 0.2) is 0 Å². The molecule has 2 aromatic rings. The number of ether oxygens (including phenoxy) is 1. The molecule has 6 rings (SSSR count). The Morgan fingerprint density at radius 3 is 2.81 bits per heavy atom. The average Bonchev–Trinajstić information content (AvgIpc) is 3.02. The second kappa shape index (κ2) is 10.8. The zero-order valence-corrected chi connectivity index (χ0v) is 22.6. The van der Waals surface area contributed by atoms with Gasteiger partial charge in [-0.25, -0.2) is 0 Å². The van der Waals surface area contributed by atoms with Crippen molar-refractivity contribution in [2.45, 2.75) is 56.8 Å². The Morgan fingerprint density at radius 1 is 1.19 bits per heavy atom. The van der Waals surface area contributed by atoms with E-state index in [1.165, 1.54) is 11.1 Å². The van der Waals surface area contributed by atoms with Gasteiger partial charge < -0.3 is 19.6 Å². The Hall–Kier alpha value is -2.92. The summed E-state index contributed by atoms with van der Waals surface area (Å²) in [5, 5.41) is 11.1. The van der Waals surface area contributed by atoms with Gasteiger partial charge in [0.05, 0.1) is 12.3 Å². The lowest BCUT2D eigenvalue weighted by molar-refractivity contribution is -0.142. The Balaban J connectivity index is 1.54. The summed E-state index contributed by atoms with van der Waals surface area (Å²) in [6.07, 6.45) is 12.2. The van der Waals surface area contributed by atoms with E-state index in [9.17, 15) is 9.90 Å². The van der Waals surface area contributed by atoms with E-state index in [0.29, 0.717) is 13.0 Å². The lowest BCUT2D eigenvalue weighted by Crippen LogP contribution is -2.44. The maximum atomic E-state index is 12.6. The molecule has 3 aliphatic heterocycles. The van der Waals surface area contributed by atoms with Crippen molar-refractivity contribution in [1.29, 1.82) is 0 Å². The highest BCUT2D eigenvalue weighted by Gasteiger charge is 2.47. The molecule has 0 fully saturated rings. The number of hydrogen-bond donors (Lipinski definition) is 1. The molecular formula is C31H37ClN2O3. The summed E-state index contributed by atoms with van der Waals surface area (Å²) in [7, 11) is 2.04. The molecule has 4 bridgehead atoms. The molecule has 5 nitrogen and oxygen atoms in total. The molecule has 1 aliphatic carbocycles. The number of carbonyl (C=O) groups is 1. The van der Waals surface area contributed by atoms with Gasteiger partial charge in [-0.2, -0.15) is 0 Å². The number of allylic oxidation sites excluding steroid dienone is 2. The van der Waals surface area contributed by atoms with Gasteiger partial charge in [-0.15, -0.1) is 0 Å². The van der Waals surface area contributed by atoms with E-state index >= 15 is 0 Å². The Kier molecular flexibility index (Phi) is 7.52. The number of likely N-dealkylation sites (N-methyl/N-ethyl adjacent to an activating group) is 1. The number of rotatable bonds is 4. The number of carboxylic acids is 1. The van der Waals surface area contributed by atoms with Gasteiger partial charge in [0, 0.05) is 49.7 Å². The summed E-state index contributed by atoms with van der Waals surface area (Å²) in [5.74, 6) is 0.241. The van der Waals surface area contributed by atoms with Crippen molar-refractivity contribution in [1.82, 2.24) is 4.90 Å². The maximum Gasteiger partial charge on any atom is 0.318 e. The zero-order valence-electron chi connectivity index (χ0n) is 21.9. The number of fused-ring (bicyclic) bond motifs is 6. The lowest BCUT2D eigenvalue weighted by atomic mass is 9.68. The van der Waals surface area contributed by atoms with Gasteiger partial charge in [-0.05, 0) is 72.7 Å². The summed E-state index contributed by atoms with van der Waals surface area (Å²) < 4.78 is 6.43. The molecule has 0 spiro atoms. The van der Waals surface area contributed by atoms with Crippen molar-refractivity contribution in [2.75, 3.05) is 38.2 Å². The smallest absolute Gasteiger partial charge is 0.318 e. The van der Waals surface area contributed by atoms with Crippen LogP contribution in [-0.4, -0.2) is 49.3 Å². The third-order valence-corrected chi connectivity index (χ3v) is 8.33. The molecule has 3 heterocycles. The van der Waals surface area contributed by atoms with Gasteiger partial charge in [-0.3, -0.25) is 4.79 Å². The Bertz CT molecular complexity index is 1220. The van der Waals surface area contributed by atoms with Crippen LogP contribution < -0.4 is 9.64 Å². The predicted molar refractivity (Wildman–Crippen MR) is 150 cm³/mol. The molecule has 1 N–H and O–H groups in total. The first kappa shape index (κ1) is 25.7. The van der Waals surface area contributed by atoms with E-state index in [2.05, 4.69) is 47.1 Å². The van der Waals surface area contributed by atoms with Crippen molar-refractivity contribution >= 4 is 23.3 Å². The zero-order chi connectivity index (χ0) is 26.0. The van der Waals surface area contributed by atoms with E-state index in [1.54, 1.807) is 0 Å². The fraction of sp³-hybridized carbons (Fsp3) is 0.452. The van der Waals surface area contributed by atoms with Crippen molar-refractivity contribution in [2.24, 2.45) is 0 Å². The van der Waals surface area contributed by atoms with Gasteiger partial charge in [-0.1, -0.05) is 49.2 Å². The second-order valence-corrected chi connectivity index (χ2v) is 11.1. The Morgan fingerprint density at radius 2 is 2.03 bits per heavy atom. The fourth-order valence-corrected chi connectivity index (χ4v) is 6.09. The highest BCUT2D eigenvalue weighted by molar-refractivity contribution is 6.30. The van der Waals surface area contributed by atoms with Gasteiger partial charge in [0.1, 0.15) is 11.2 Å². The molecule has 0 saturated carbocycles. The van der Waals surface area contributed by atoms with Crippen LogP contribution in [0.1, 0.15) is 61.6 Å². The first-order chi connectivity index (χ1) is 17.9. The molecule has 196 valence electrons. The summed E-state index contributed by atoms with van der Waals surface area (Å²) in [4.78, 5) is 17.1. The monoisotopic (exact) mass is 520 g/mol. The van der Waals surface area contributed by atoms with Crippen molar-refractivity contribution < 1.29 is 14.6 Å². The van der Waals surface area contributed by atoms with Gasteiger partial charge in [0.2, 0.25) is 0 Å². The lowest BCUT2D eigenvalue weighted by Gasteiger charge is -2.41. The first-order valence-electron chi connectivity index (χ1n) is 13.5. The molecule has 6 heteroatoms. The molecule has 0 aromatic heterocycles. The van der Waals surface area contributed by atoms with Crippen LogP contribution in [0.25, 0.3) is 0 Å². The minimum Gasteiger partial charge on any atom is -0.491 e. The van der Waals surface area contributed by atoms with Gasteiger partial charge in [0.25, 0.3) is 0 Å². The Labute approximate surface area is 225 Å². The minimum atomic E-state index is -0.996. The number of aliphatic carboxylic acids is 1. The first-order valence-corrected chi connectivity index (χ1v) is 13.9. The van der Waals surface area contributed by atoms with Crippen LogP contribution in [0.15, 0.2) is 60.3 Å². The quantitative estimate of drug-likeness (QED) is 0.463. The number of benzene rings is 2. The molecule has 2 aromatic carbocycles. The van der Waals surface area contributed by atoms with E-state index in [-0.39, 0.29) is 5.92 Å². The number of nitrogens with zero attached hydrogens (tertiary/aromatic N) is 2. The second-order valence-electron chi connectivity index (χ2n) is 10.7. The van der Waals surface area contributed by atoms with E-state index in [0.717, 1.165) is 79.5 Å². The van der Waals surface area contributed by atoms with Crippen LogP contribution in [0.2, 0.25) is 5.02 Å². The predicted octanol–water partition coefficient (Wildman–Crippen LogP) is 6.56. The van der Waals surface area contributed by atoms with Crippen LogP contribution in [0.5, 0.6) is 5.75 Å². The third kappa shape index (κ3) is 5.11. The molecule has 2 atom stereocenters. The largest absolute Gasteiger partial charge is 0.491 e. The van der Waals surface area contributed by atoms with Crippen LogP contribution in [0.3, 0.4) is 0 Å². The molecule has 0 saturated heterocycles. The highest BCUT2D eigenvalue weighted by atomic mass is 35.5. The number of halogens is 1. The van der Waals surface area contributed by atoms with Crippen LogP contribution >= 0.6 is 11.6 Å². The molecule has 0 amide bonds. The standard InChI is InChI=1S/C31H37ClN2O3/c1-3-9-22-16-25(32)11-12-27(22)23-20-34-15-8-6-4-5-7-14-33(2)26-18-31(19-26,30(35)36)24-10-13-29(37-21-23)28(34)17-24/h5,7,10-13,16-18,23H,3-4,6,8-9,14-15,19-21H2,1-2H3,(H,35,36)/b7-5+/t23?,31-/m1/s1. The van der Waals surface area contributed by atoms with Gasteiger partial charge >= 0.3 is 5.97 Å². The average molecular weight is 521 g/mol. The molecule has 1 unspecified atom stereocenters. The number of aryl methyl sites for hydroxylation is 1. The van der Waals surface area contributed by atoms with Crippen LogP contribution in [0, 0.1) is 0 Å². The van der Waals surface area contributed by atoms with Crippen molar-refractivity contribution in [3.05, 3.63) is 82.0 Å². The summed E-state index contributed by atoms with van der Waals surface area (Å²) in [6, 6.07) is 12.3. The molecule has 4 aliphatic rings. The van der Waals surface area contributed by atoms with Crippen molar-refractivity contribution in [3.8, 4) is 5.75 Å². The number of carboxylic acid groups (broad SMARTS) is 1. The molecule has 0 radical (unpaired) electrons. The van der Waals surface area contributed by atoms with Crippen molar-refractivity contribution in [3.63, 3.8) is 0 Å². The van der Waals surface area contributed by atoms with E-state index in [4.69, 9.17) is 16.3 Å². The van der Waals surface area contributed by atoms with Crippen LogP contribution in [-0.2, 0) is 16.6 Å². The summed E-state index contributed by atoms with van der Waals surface area (Å²) >= 11 is 6.36. The number of hydrogen-bond acceptors (Lipinski definition) is 4.